The Kier molecular flexibility index (Phi) is 3.51. The third kappa shape index (κ3) is 2.62. The largest absolute Gasteiger partial charge is 0.368 e. The first kappa shape index (κ1) is 14.7. The standard InChI is InChI=1S/C14H15N3O4/c1-14(2,13(15)21)16-10(18)7-17-11(19)8-5-3-4-6-9(8)12(17)20/h3-6H,7H2,1-2H3,(H2,15,21)(H,16,18). The highest BCUT2D eigenvalue weighted by Gasteiger charge is 2.37. The van der Waals surface area contributed by atoms with Crippen molar-refractivity contribution < 1.29 is 19.2 Å². The zero-order chi connectivity index (χ0) is 15.8. The van der Waals surface area contributed by atoms with Gasteiger partial charge in [0.15, 0.2) is 0 Å². The minimum atomic E-state index is -1.25. The third-order valence-corrected chi connectivity index (χ3v) is 3.25. The summed E-state index contributed by atoms with van der Waals surface area (Å²) >= 11 is 0. The molecule has 7 heteroatoms. The summed E-state index contributed by atoms with van der Waals surface area (Å²) in [5.74, 6) is -2.39. The van der Waals surface area contributed by atoms with E-state index in [-0.39, 0.29) is 11.1 Å². The van der Waals surface area contributed by atoms with E-state index >= 15 is 0 Å². The molecule has 1 heterocycles. The monoisotopic (exact) mass is 289 g/mol. The molecule has 0 unspecified atom stereocenters. The van der Waals surface area contributed by atoms with Gasteiger partial charge in [0.25, 0.3) is 11.8 Å². The smallest absolute Gasteiger partial charge is 0.262 e. The minimum Gasteiger partial charge on any atom is -0.368 e. The Morgan fingerprint density at radius 1 is 1.14 bits per heavy atom. The molecule has 1 aliphatic rings. The molecule has 1 aromatic rings. The van der Waals surface area contributed by atoms with Gasteiger partial charge in [-0.25, -0.2) is 0 Å². The van der Waals surface area contributed by atoms with Crippen molar-refractivity contribution >= 4 is 23.6 Å². The Morgan fingerprint density at radius 3 is 2.05 bits per heavy atom. The molecule has 4 amide bonds. The molecule has 0 bridgehead atoms. The van der Waals surface area contributed by atoms with Crippen LogP contribution in [-0.4, -0.2) is 40.6 Å². The highest BCUT2D eigenvalue weighted by atomic mass is 16.2. The first-order valence-corrected chi connectivity index (χ1v) is 6.30. The first-order valence-electron chi connectivity index (χ1n) is 6.30. The predicted octanol–water partition coefficient (Wildman–Crippen LogP) is -0.337. The number of carbonyl (C=O) groups is 4. The van der Waals surface area contributed by atoms with Gasteiger partial charge in [-0.15, -0.1) is 0 Å². The fourth-order valence-electron chi connectivity index (χ4n) is 1.98. The molecule has 1 aromatic carbocycles. The number of amides is 4. The number of nitrogens with two attached hydrogens (primary N) is 1. The van der Waals surface area contributed by atoms with Crippen LogP contribution >= 0.6 is 0 Å². The van der Waals surface area contributed by atoms with Gasteiger partial charge in [-0.1, -0.05) is 12.1 Å². The van der Waals surface area contributed by atoms with Gasteiger partial charge in [-0.3, -0.25) is 24.1 Å². The molecule has 2 rings (SSSR count). The lowest BCUT2D eigenvalue weighted by molar-refractivity contribution is -0.130. The Balaban J connectivity index is 2.12. The molecule has 21 heavy (non-hydrogen) atoms. The molecule has 0 fully saturated rings. The molecular formula is C14H15N3O4. The number of imide groups is 1. The van der Waals surface area contributed by atoms with Crippen LogP contribution in [0.2, 0.25) is 0 Å². The molecule has 0 saturated carbocycles. The number of fused-ring (bicyclic) bond motifs is 1. The second kappa shape index (κ2) is 5.01. The van der Waals surface area contributed by atoms with Gasteiger partial charge in [0, 0.05) is 0 Å². The molecule has 7 nitrogen and oxygen atoms in total. The number of rotatable bonds is 4. The van der Waals surface area contributed by atoms with E-state index in [4.69, 9.17) is 5.73 Å². The maximum Gasteiger partial charge on any atom is 0.262 e. The van der Waals surface area contributed by atoms with Crippen LogP contribution in [0.1, 0.15) is 34.6 Å². The van der Waals surface area contributed by atoms with E-state index in [0.29, 0.717) is 0 Å². The molecule has 0 aliphatic carbocycles. The maximum atomic E-state index is 12.1. The Hall–Kier alpha value is -2.70. The van der Waals surface area contributed by atoms with E-state index in [1.54, 1.807) is 12.1 Å². The highest BCUT2D eigenvalue weighted by Crippen LogP contribution is 2.21. The van der Waals surface area contributed by atoms with Crippen LogP contribution in [0.5, 0.6) is 0 Å². The van der Waals surface area contributed by atoms with Crippen molar-refractivity contribution in [3.05, 3.63) is 35.4 Å². The number of hydrogen-bond acceptors (Lipinski definition) is 4. The summed E-state index contributed by atoms with van der Waals surface area (Å²) in [5, 5.41) is 2.39. The average Bonchev–Trinajstić information content (AvgIpc) is 2.64. The van der Waals surface area contributed by atoms with Crippen molar-refractivity contribution in [2.75, 3.05) is 6.54 Å². The Labute approximate surface area is 121 Å². The van der Waals surface area contributed by atoms with Crippen LogP contribution in [0.25, 0.3) is 0 Å². The van der Waals surface area contributed by atoms with Crippen LogP contribution < -0.4 is 11.1 Å². The number of benzene rings is 1. The molecule has 0 saturated heterocycles. The lowest BCUT2D eigenvalue weighted by Crippen LogP contribution is -2.55. The third-order valence-electron chi connectivity index (χ3n) is 3.25. The lowest BCUT2D eigenvalue weighted by Gasteiger charge is -2.23. The number of nitrogens with one attached hydrogen (secondary N) is 1. The highest BCUT2D eigenvalue weighted by molar-refractivity contribution is 6.22. The zero-order valence-corrected chi connectivity index (χ0v) is 11.7. The summed E-state index contributed by atoms with van der Waals surface area (Å²) in [6.45, 7) is 2.42. The van der Waals surface area contributed by atoms with E-state index in [9.17, 15) is 19.2 Å². The van der Waals surface area contributed by atoms with Gasteiger partial charge in [0.05, 0.1) is 11.1 Å². The topological polar surface area (TPSA) is 110 Å². The SMILES string of the molecule is CC(C)(NC(=O)CN1C(=O)c2ccccc2C1=O)C(N)=O. The van der Waals surface area contributed by atoms with Gasteiger partial charge in [-0.2, -0.15) is 0 Å². The van der Waals surface area contributed by atoms with Crippen molar-refractivity contribution in [3.8, 4) is 0 Å². The van der Waals surface area contributed by atoms with Gasteiger partial charge in [0.2, 0.25) is 11.8 Å². The fraction of sp³-hybridized carbons (Fsp3) is 0.286. The van der Waals surface area contributed by atoms with E-state index in [0.717, 1.165) is 4.90 Å². The van der Waals surface area contributed by atoms with Crippen LogP contribution in [0, 0.1) is 0 Å². The van der Waals surface area contributed by atoms with Crippen LogP contribution in [0.3, 0.4) is 0 Å². The summed E-state index contributed by atoms with van der Waals surface area (Å²) in [5.41, 5.74) is 4.43. The van der Waals surface area contributed by atoms with Crippen LogP contribution in [0.4, 0.5) is 0 Å². The second-order valence-corrected chi connectivity index (χ2v) is 5.28. The van der Waals surface area contributed by atoms with Gasteiger partial charge < -0.3 is 11.1 Å². The lowest BCUT2D eigenvalue weighted by atomic mass is 10.1. The van der Waals surface area contributed by atoms with Gasteiger partial charge in [0.1, 0.15) is 12.1 Å². The predicted molar refractivity (Wildman–Crippen MR) is 73.2 cm³/mol. The zero-order valence-electron chi connectivity index (χ0n) is 11.7. The first-order chi connectivity index (χ1) is 9.74. The van der Waals surface area contributed by atoms with Gasteiger partial charge >= 0.3 is 0 Å². The normalized spacial score (nSPS) is 14.1. The fourth-order valence-corrected chi connectivity index (χ4v) is 1.98. The summed E-state index contributed by atoms with van der Waals surface area (Å²) < 4.78 is 0. The quantitative estimate of drug-likeness (QED) is 0.739. The summed E-state index contributed by atoms with van der Waals surface area (Å²) in [4.78, 5) is 48.1. The van der Waals surface area contributed by atoms with Crippen molar-refractivity contribution in [3.63, 3.8) is 0 Å². The molecule has 3 N–H and O–H groups in total. The Morgan fingerprint density at radius 2 is 1.62 bits per heavy atom. The molecular weight excluding hydrogens is 274 g/mol. The van der Waals surface area contributed by atoms with Crippen molar-refractivity contribution in [1.82, 2.24) is 10.2 Å². The summed E-state index contributed by atoms with van der Waals surface area (Å²) in [7, 11) is 0. The molecule has 0 atom stereocenters. The van der Waals surface area contributed by atoms with Gasteiger partial charge in [-0.05, 0) is 26.0 Å². The molecule has 0 aromatic heterocycles. The van der Waals surface area contributed by atoms with Crippen LogP contribution in [0.15, 0.2) is 24.3 Å². The van der Waals surface area contributed by atoms with Crippen molar-refractivity contribution in [2.24, 2.45) is 5.73 Å². The molecule has 0 radical (unpaired) electrons. The van der Waals surface area contributed by atoms with Crippen molar-refractivity contribution in [2.45, 2.75) is 19.4 Å². The van der Waals surface area contributed by atoms with E-state index in [1.165, 1.54) is 26.0 Å². The number of nitrogens with zero attached hydrogens (tertiary/aromatic N) is 1. The average molecular weight is 289 g/mol. The van der Waals surface area contributed by atoms with Crippen molar-refractivity contribution in [1.29, 1.82) is 0 Å². The summed E-state index contributed by atoms with van der Waals surface area (Å²) in [6, 6.07) is 6.34. The Bertz CT molecular complexity index is 616. The van der Waals surface area contributed by atoms with E-state index < -0.39 is 35.7 Å². The molecule has 110 valence electrons. The molecule has 1 aliphatic heterocycles. The molecule has 0 spiro atoms. The number of hydrogen-bond donors (Lipinski definition) is 2. The van der Waals surface area contributed by atoms with Crippen LogP contribution in [-0.2, 0) is 9.59 Å². The number of carbonyl (C=O) groups excluding carboxylic acids is 4. The minimum absolute atomic E-state index is 0.268. The number of primary amides is 1. The maximum absolute atomic E-state index is 12.1. The second-order valence-electron chi connectivity index (χ2n) is 5.28. The van der Waals surface area contributed by atoms with E-state index in [2.05, 4.69) is 5.32 Å². The van der Waals surface area contributed by atoms with E-state index in [1.807, 2.05) is 0 Å². The summed E-state index contributed by atoms with van der Waals surface area (Å²) in [6.07, 6.45) is 0.